The second-order valence-electron chi connectivity index (χ2n) is 10.0. The average molecular weight is 557 g/mol. The first-order valence-corrected chi connectivity index (χ1v) is 15.9. The van der Waals surface area contributed by atoms with Crippen LogP contribution in [0.3, 0.4) is 0 Å². The van der Waals surface area contributed by atoms with Crippen molar-refractivity contribution in [1.82, 2.24) is 0 Å². The Morgan fingerprint density at radius 2 is 0.650 bits per heavy atom. The number of unbranched alkanes of at least 4 members (excludes halogenated alkanes) is 10. The third-order valence-corrected chi connectivity index (χ3v) is 6.06. The van der Waals surface area contributed by atoms with Crippen molar-refractivity contribution in [2.45, 2.75) is 142 Å². The van der Waals surface area contributed by atoms with Crippen LogP contribution >= 0.6 is 0 Å². The first kappa shape index (κ1) is 39.5. The van der Waals surface area contributed by atoms with E-state index in [-0.39, 0.29) is 0 Å². The summed E-state index contributed by atoms with van der Waals surface area (Å²) in [4.78, 5) is 20.6. The predicted molar refractivity (Wildman–Crippen MR) is 174 cm³/mol. The van der Waals surface area contributed by atoms with Crippen molar-refractivity contribution in [3.8, 4) is 0 Å². The summed E-state index contributed by atoms with van der Waals surface area (Å²) in [6.45, 7) is 4.46. The molecule has 0 aliphatic heterocycles. The van der Waals surface area contributed by atoms with Crippen molar-refractivity contribution in [3.63, 3.8) is 0 Å². The molecule has 4 heteroatoms. The van der Waals surface area contributed by atoms with Gasteiger partial charge in [-0.15, -0.1) is 0 Å². The van der Waals surface area contributed by atoms with E-state index < -0.39 is 11.9 Å². The maximum absolute atomic E-state index is 10.3. The zero-order valence-corrected chi connectivity index (χ0v) is 25.8. The van der Waals surface area contributed by atoms with Crippen molar-refractivity contribution in [2.24, 2.45) is 0 Å². The van der Waals surface area contributed by atoms with Crippen LogP contribution in [0, 0.1) is 0 Å². The van der Waals surface area contributed by atoms with Crippen LogP contribution in [0.15, 0.2) is 72.9 Å². The highest BCUT2D eigenvalue weighted by Crippen LogP contribution is 2.04. The Morgan fingerprint density at radius 3 is 0.900 bits per heavy atom. The standard InChI is InChI=1S/2C18H30O2/c2*1-2-3-4-5-6-7-8-9-10-11-12-13-14-15-16-17-18(19)20/h2*6-7,9-10,12-13H,2-5,8,11,14-17H2,1H3,(H,19,20)/b2*7-6-,10-9-,13-12-. The highest BCUT2D eigenvalue weighted by molar-refractivity contribution is 5.66. The number of hydrogen-bond acceptors (Lipinski definition) is 2. The first-order valence-electron chi connectivity index (χ1n) is 15.9. The summed E-state index contributed by atoms with van der Waals surface area (Å²) < 4.78 is 0. The number of aliphatic carboxylic acids is 2. The van der Waals surface area contributed by atoms with Crippen LogP contribution in [0.1, 0.15) is 142 Å². The molecule has 0 fully saturated rings. The van der Waals surface area contributed by atoms with Crippen LogP contribution in [-0.4, -0.2) is 22.2 Å². The van der Waals surface area contributed by atoms with Gasteiger partial charge in [0.15, 0.2) is 0 Å². The fourth-order valence-electron chi connectivity index (χ4n) is 3.66. The predicted octanol–water partition coefficient (Wildman–Crippen LogP) is 11.3. The molecule has 0 rings (SSSR count). The maximum atomic E-state index is 10.3. The first-order chi connectivity index (χ1) is 19.5. The lowest BCUT2D eigenvalue weighted by atomic mass is 10.2. The van der Waals surface area contributed by atoms with Crippen molar-refractivity contribution in [3.05, 3.63) is 72.9 Å². The Bertz CT molecular complexity index is 663. The number of hydrogen-bond donors (Lipinski definition) is 2. The van der Waals surface area contributed by atoms with Gasteiger partial charge in [0.1, 0.15) is 0 Å². The van der Waals surface area contributed by atoms with Gasteiger partial charge in [0.2, 0.25) is 0 Å². The summed E-state index contributed by atoms with van der Waals surface area (Å²) in [7, 11) is 0. The number of carbonyl (C=O) groups is 2. The minimum atomic E-state index is -0.695. The van der Waals surface area contributed by atoms with Crippen molar-refractivity contribution >= 4 is 11.9 Å². The van der Waals surface area contributed by atoms with E-state index in [9.17, 15) is 9.59 Å². The van der Waals surface area contributed by atoms with Crippen molar-refractivity contribution in [1.29, 1.82) is 0 Å². The lowest BCUT2D eigenvalue weighted by Crippen LogP contribution is -1.92. The molecule has 0 amide bonds. The van der Waals surface area contributed by atoms with E-state index in [0.717, 1.165) is 64.2 Å². The average Bonchev–Trinajstić information content (AvgIpc) is 2.93. The molecule has 0 aromatic heterocycles. The lowest BCUT2D eigenvalue weighted by molar-refractivity contribution is -0.138. The molecular formula is C36H60O4. The molecule has 2 N–H and O–H groups in total. The van der Waals surface area contributed by atoms with Gasteiger partial charge >= 0.3 is 11.9 Å². The number of allylic oxidation sites excluding steroid dienone is 12. The molecule has 228 valence electrons. The van der Waals surface area contributed by atoms with E-state index in [4.69, 9.17) is 10.2 Å². The Hall–Kier alpha value is -2.62. The SMILES string of the molecule is CCCCC/C=C\C/C=C\C/C=C\CCCCC(=O)O.CCCCC/C=C\C/C=C\C/C=C\CCCCC(=O)O. The third kappa shape index (κ3) is 42.5. The summed E-state index contributed by atoms with van der Waals surface area (Å²) in [6.07, 6.45) is 46.7. The van der Waals surface area contributed by atoms with E-state index in [1.165, 1.54) is 51.4 Å². The molecule has 0 saturated carbocycles. The summed E-state index contributed by atoms with van der Waals surface area (Å²) >= 11 is 0. The third-order valence-electron chi connectivity index (χ3n) is 6.06. The van der Waals surface area contributed by atoms with Crippen LogP contribution in [0.25, 0.3) is 0 Å². The van der Waals surface area contributed by atoms with Gasteiger partial charge in [-0.1, -0.05) is 112 Å². The van der Waals surface area contributed by atoms with Crippen molar-refractivity contribution in [2.75, 3.05) is 0 Å². The van der Waals surface area contributed by atoms with E-state index in [1.54, 1.807) is 0 Å². The molecule has 40 heavy (non-hydrogen) atoms. The number of rotatable bonds is 26. The molecule has 0 unspecified atom stereocenters. The summed E-state index contributed by atoms with van der Waals surface area (Å²) in [5.41, 5.74) is 0. The van der Waals surface area contributed by atoms with Crippen LogP contribution in [0.4, 0.5) is 0 Å². The van der Waals surface area contributed by atoms with Gasteiger partial charge in [0.05, 0.1) is 0 Å². The zero-order valence-electron chi connectivity index (χ0n) is 25.8. The fraction of sp³-hybridized carbons (Fsp3) is 0.611. The van der Waals surface area contributed by atoms with E-state index in [2.05, 4.69) is 86.8 Å². The van der Waals surface area contributed by atoms with Gasteiger partial charge < -0.3 is 10.2 Å². The summed E-state index contributed by atoms with van der Waals surface area (Å²) in [5, 5.41) is 17.0. The largest absolute Gasteiger partial charge is 0.481 e. The van der Waals surface area contributed by atoms with E-state index in [1.807, 2.05) is 0 Å². The lowest BCUT2D eigenvalue weighted by Gasteiger charge is -1.92. The smallest absolute Gasteiger partial charge is 0.303 e. The molecule has 0 saturated heterocycles. The summed E-state index contributed by atoms with van der Waals surface area (Å²) in [5.74, 6) is -1.39. The van der Waals surface area contributed by atoms with Crippen LogP contribution < -0.4 is 0 Å². The fourth-order valence-corrected chi connectivity index (χ4v) is 3.66. The minimum Gasteiger partial charge on any atom is -0.481 e. The second-order valence-corrected chi connectivity index (χ2v) is 10.0. The minimum absolute atomic E-state index is 0.290. The monoisotopic (exact) mass is 556 g/mol. The molecule has 0 spiro atoms. The molecule has 4 nitrogen and oxygen atoms in total. The van der Waals surface area contributed by atoms with Crippen LogP contribution in [-0.2, 0) is 9.59 Å². The number of carboxylic acids is 2. The van der Waals surface area contributed by atoms with Gasteiger partial charge in [-0.2, -0.15) is 0 Å². The van der Waals surface area contributed by atoms with Crippen LogP contribution in [0.2, 0.25) is 0 Å². The van der Waals surface area contributed by atoms with Gasteiger partial charge in [0.25, 0.3) is 0 Å². The van der Waals surface area contributed by atoms with E-state index >= 15 is 0 Å². The molecule has 0 aliphatic carbocycles. The van der Waals surface area contributed by atoms with Gasteiger partial charge in [0, 0.05) is 12.8 Å². The Morgan fingerprint density at radius 1 is 0.400 bits per heavy atom. The van der Waals surface area contributed by atoms with Crippen molar-refractivity contribution < 1.29 is 19.8 Å². The Labute approximate surface area is 246 Å². The topological polar surface area (TPSA) is 74.6 Å². The van der Waals surface area contributed by atoms with Gasteiger partial charge in [-0.25, -0.2) is 0 Å². The summed E-state index contributed by atoms with van der Waals surface area (Å²) in [6, 6.07) is 0. The zero-order chi connectivity index (χ0) is 29.8. The van der Waals surface area contributed by atoms with Gasteiger partial charge in [-0.3, -0.25) is 9.59 Å². The molecule has 0 aliphatic rings. The quantitative estimate of drug-likeness (QED) is 0.0820. The van der Waals surface area contributed by atoms with E-state index in [0.29, 0.717) is 12.8 Å². The Kier molecular flexibility index (Phi) is 35.9. The molecule has 0 radical (unpaired) electrons. The number of carboxylic acid groups (broad SMARTS) is 2. The molecule has 0 bridgehead atoms. The Balaban J connectivity index is 0. The normalized spacial score (nSPS) is 12.1. The molecule has 0 aromatic carbocycles. The highest BCUT2D eigenvalue weighted by Gasteiger charge is 1.94. The second kappa shape index (κ2) is 36.4. The molecule has 0 heterocycles. The van der Waals surface area contributed by atoms with Gasteiger partial charge in [-0.05, 0) is 89.9 Å². The molecule has 0 atom stereocenters. The van der Waals surface area contributed by atoms with Crippen LogP contribution in [0.5, 0.6) is 0 Å². The maximum Gasteiger partial charge on any atom is 0.303 e. The highest BCUT2D eigenvalue weighted by atomic mass is 16.4. The molecule has 0 aromatic rings. The molecular weight excluding hydrogens is 496 g/mol.